The van der Waals surface area contributed by atoms with Gasteiger partial charge in [0.15, 0.2) is 0 Å². The molecular formula is C15H23B. The number of rotatable bonds is 3. The largest absolute Gasteiger partial charge is 0.0747 e. The van der Waals surface area contributed by atoms with Crippen LogP contribution in [0.3, 0.4) is 0 Å². The minimum Gasteiger partial charge on any atom is -0.0673 e. The SMILES string of the molecule is [B]C(C)(C)C(CC(C)(C)C)c1ccccc1. The maximum absolute atomic E-state index is 6.32. The molecule has 0 fully saturated rings. The lowest BCUT2D eigenvalue weighted by atomic mass is 9.58. The van der Waals surface area contributed by atoms with Gasteiger partial charge in [-0.15, -0.1) is 0 Å². The molecule has 1 aromatic carbocycles. The summed E-state index contributed by atoms with van der Waals surface area (Å²) in [4.78, 5) is 0. The Bertz CT molecular complexity index is 314. The van der Waals surface area contributed by atoms with E-state index in [2.05, 4.69) is 65.0 Å². The molecule has 0 aliphatic carbocycles. The summed E-state index contributed by atoms with van der Waals surface area (Å²) >= 11 is 0. The quantitative estimate of drug-likeness (QED) is 0.646. The Hall–Kier alpha value is -0.715. The summed E-state index contributed by atoms with van der Waals surface area (Å²) in [6, 6.07) is 10.6. The molecule has 86 valence electrons. The average molecular weight is 214 g/mol. The van der Waals surface area contributed by atoms with E-state index < -0.39 is 0 Å². The minimum atomic E-state index is -0.172. The summed E-state index contributed by atoms with van der Waals surface area (Å²) < 4.78 is 0. The molecule has 16 heavy (non-hydrogen) atoms. The second-order valence-electron chi connectivity index (χ2n) is 6.55. The van der Waals surface area contributed by atoms with E-state index in [4.69, 9.17) is 7.85 Å². The van der Waals surface area contributed by atoms with E-state index >= 15 is 0 Å². The van der Waals surface area contributed by atoms with Crippen LogP contribution in [-0.2, 0) is 0 Å². The van der Waals surface area contributed by atoms with Crippen LogP contribution in [0.1, 0.15) is 52.5 Å². The van der Waals surface area contributed by atoms with Gasteiger partial charge in [0.2, 0.25) is 0 Å². The predicted molar refractivity (Wildman–Crippen MR) is 73.1 cm³/mol. The zero-order chi connectivity index (χ0) is 12.4. The first-order valence-corrected chi connectivity index (χ1v) is 6.04. The fourth-order valence-corrected chi connectivity index (χ4v) is 2.11. The molecule has 1 heteroatoms. The van der Waals surface area contributed by atoms with Gasteiger partial charge in [0.1, 0.15) is 0 Å². The molecule has 0 bridgehead atoms. The zero-order valence-electron chi connectivity index (χ0n) is 11.2. The third kappa shape index (κ3) is 4.04. The summed E-state index contributed by atoms with van der Waals surface area (Å²) in [6.07, 6.45) is 1.11. The van der Waals surface area contributed by atoms with Crippen molar-refractivity contribution in [2.24, 2.45) is 5.41 Å². The molecule has 1 aromatic rings. The van der Waals surface area contributed by atoms with Crippen LogP contribution < -0.4 is 0 Å². The van der Waals surface area contributed by atoms with Crippen molar-refractivity contribution in [2.75, 3.05) is 0 Å². The molecule has 0 saturated carbocycles. The van der Waals surface area contributed by atoms with Gasteiger partial charge in [-0.25, -0.2) is 0 Å². The molecule has 0 nitrogen and oxygen atoms in total. The predicted octanol–water partition coefficient (Wildman–Crippen LogP) is 4.57. The molecule has 2 radical (unpaired) electrons. The van der Waals surface area contributed by atoms with Gasteiger partial charge < -0.3 is 0 Å². The Labute approximate surface area is 102 Å². The Morgan fingerprint density at radius 3 is 1.88 bits per heavy atom. The summed E-state index contributed by atoms with van der Waals surface area (Å²) in [5, 5.41) is -0.172. The van der Waals surface area contributed by atoms with Gasteiger partial charge in [0.25, 0.3) is 0 Å². The summed E-state index contributed by atoms with van der Waals surface area (Å²) in [6.45, 7) is 11.1. The summed E-state index contributed by atoms with van der Waals surface area (Å²) in [5.74, 6) is 0.411. The molecule has 1 unspecified atom stereocenters. The van der Waals surface area contributed by atoms with Gasteiger partial charge in [-0.3, -0.25) is 0 Å². The van der Waals surface area contributed by atoms with Crippen molar-refractivity contribution in [1.82, 2.24) is 0 Å². The van der Waals surface area contributed by atoms with E-state index in [0.717, 1.165) is 6.42 Å². The van der Waals surface area contributed by atoms with Crippen LogP contribution in [0, 0.1) is 5.41 Å². The highest BCUT2D eigenvalue weighted by Gasteiger charge is 2.29. The number of hydrogen-bond donors (Lipinski definition) is 0. The monoisotopic (exact) mass is 214 g/mol. The summed E-state index contributed by atoms with van der Waals surface area (Å²) in [7, 11) is 6.32. The maximum atomic E-state index is 6.32. The molecule has 0 saturated heterocycles. The van der Waals surface area contributed by atoms with Crippen molar-refractivity contribution in [1.29, 1.82) is 0 Å². The van der Waals surface area contributed by atoms with Crippen LogP contribution in [0.25, 0.3) is 0 Å². The van der Waals surface area contributed by atoms with Crippen LogP contribution in [-0.4, -0.2) is 7.85 Å². The maximum Gasteiger partial charge on any atom is 0.0747 e. The third-order valence-electron chi connectivity index (χ3n) is 2.92. The second-order valence-corrected chi connectivity index (χ2v) is 6.55. The highest BCUT2D eigenvalue weighted by molar-refractivity contribution is 6.15. The molecular weight excluding hydrogens is 191 g/mol. The molecule has 1 atom stereocenters. The van der Waals surface area contributed by atoms with Crippen molar-refractivity contribution in [3.8, 4) is 0 Å². The Balaban J connectivity index is 2.98. The normalized spacial score (nSPS) is 14.8. The standard InChI is InChI=1S/C15H23B/c1-14(2,3)11-13(15(4,5)16)12-9-7-6-8-10-12/h6-10,13H,11H2,1-5H3. The first kappa shape index (κ1) is 13.4. The van der Waals surface area contributed by atoms with E-state index in [1.165, 1.54) is 5.56 Å². The molecule has 0 aliphatic heterocycles. The van der Waals surface area contributed by atoms with Gasteiger partial charge >= 0.3 is 0 Å². The van der Waals surface area contributed by atoms with Gasteiger partial charge in [-0.05, 0) is 23.3 Å². The second kappa shape index (κ2) is 4.65. The van der Waals surface area contributed by atoms with Crippen molar-refractivity contribution in [2.45, 2.75) is 52.3 Å². The molecule has 0 aromatic heterocycles. The highest BCUT2D eigenvalue weighted by Crippen LogP contribution is 2.45. The molecule has 0 heterocycles. The van der Waals surface area contributed by atoms with Crippen molar-refractivity contribution >= 4 is 7.85 Å². The van der Waals surface area contributed by atoms with Crippen molar-refractivity contribution in [3.63, 3.8) is 0 Å². The number of benzene rings is 1. The fraction of sp³-hybridized carbons (Fsp3) is 0.600. The van der Waals surface area contributed by atoms with Gasteiger partial charge in [-0.2, -0.15) is 0 Å². The van der Waals surface area contributed by atoms with Crippen LogP contribution in [0.4, 0.5) is 0 Å². The molecule has 0 N–H and O–H groups in total. The summed E-state index contributed by atoms with van der Waals surface area (Å²) in [5.41, 5.74) is 1.65. The minimum absolute atomic E-state index is 0.172. The van der Waals surface area contributed by atoms with Crippen LogP contribution >= 0.6 is 0 Å². The molecule has 0 aliphatic rings. The Kier molecular flexibility index (Phi) is 3.88. The lowest BCUT2D eigenvalue weighted by Crippen LogP contribution is -2.21. The smallest absolute Gasteiger partial charge is 0.0673 e. The van der Waals surface area contributed by atoms with Gasteiger partial charge in [0, 0.05) is 0 Å². The number of hydrogen-bond acceptors (Lipinski definition) is 0. The van der Waals surface area contributed by atoms with Crippen LogP contribution in [0.15, 0.2) is 30.3 Å². The lowest BCUT2D eigenvalue weighted by molar-refractivity contribution is 0.308. The molecule has 0 amide bonds. The topological polar surface area (TPSA) is 0 Å². The van der Waals surface area contributed by atoms with E-state index in [0.29, 0.717) is 11.3 Å². The zero-order valence-corrected chi connectivity index (χ0v) is 11.2. The van der Waals surface area contributed by atoms with E-state index in [1.807, 2.05) is 0 Å². The highest BCUT2D eigenvalue weighted by atomic mass is 14.3. The average Bonchev–Trinajstić information content (AvgIpc) is 2.13. The molecule has 0 spiro atoms. The lowest BCUT2D eigenvalue weighted by Gasteiger charge is -2.36. The fourth-order valence-electron chi connectivity index (χ4n) is 2.11. The van der Waals surface area contributed by atoms with Gasteiger partial charge in [-0.1, -0.05) is 70.3 Å². The Morgan fingerprint density at radius 2 is 1.50 bits per heavy atom. The van der Waals surface area contributed by atoms with E-state index in [9.17, 15) is 0 Å². The van der Waals surface area contributed by atoms with Gasteiger partial charge in [0.05, 0.1) is 7.85 Å². The first-order valence-electron chi connectivity index (χ1n) is 6.04. The molecule has 1 rings (SSSR count). The van der Waals surface area contributed by atoms with Crippen LogP contribution in [0.5, 0.6) is 0 Å². The third-order valence-corrected chi connectivity index (χ3v) is 2.92. The van der Waals surface area contributed by atoms with Crippen molar-refractivity contribution < 1.29 is 0 Å². The Morgan fingerprint density at radius 1 is 1.00 bits per heavy atom. The van der Waals surface area contributed by atoms with Crippen LogP contribution in [0.2, 0.25) is 5.31 Å². The van der Waals surface area contributed by atoms with E-state index in [1.54, 1.807) is 0 Å². The first-order chi connectivity index (χ1) is 7.20. The van der Waals surface area contributed by atoms with Crippen molar-refractivity contribution in [3.05, 3.63) is 35.9 Å². The van der Waals surface area contributed by atoms with E-state index in [-0.39, 0.29) is 5.31 Å².